The van der Waals surface area contributed by atoms with Crippen molar-refractivity contribution < 1.29 is 9.84 Å². The van der Waals surface area contributed by atoms with E-state index in [4.69, 9.17) is 16.3 Å². The van der Waals surface area contributed by atoms with Crippen molar-refractivity contribution >= 4 is 33.9 Å². The van der Waals surface area contributed by atoms with Crippen molar-refractivity contribution in [3.05, 3.63) is 77.4 Å². The predicted octanol–water partition coefficient (Wildman–Crippen LogP) is 6.12. The van der Waals surface area contributed by atoms with Crippen LogP contribution in [0.15, 0.2) is 66.9 Å². The number of aromatic hydroxyl groups is 1. The lowest BCUT2D eigenvalue weighted by atomic mass is 10.0. The summed E-state index contributed by atoms with van der Waals surface area (Å²) in [6.45, 7) is 1.02. The standard InChI is InChI=1S/C26H26ClN3O2/c1-30(2)13-11-17-4-7-20(8-5-17)29-24-10-12-28-23-9-6-18(14-21(23)24)19-15-22(27)26(31)25(16-19)32-3/h4-10,12,14-16,31H,11,13H2,1-3H3,(H,28,29). The summed E-state index contributed by atoms with van der Waals surface area (Å²) >= 11 is 6.20. The van der Waals surface area contributed by atoms with Gasteiger partial charge in [-0.2, -0.15) is 0 Å². The van der Waals surface area contributed by atoms with E-state index in [1.165, 1.54) is 12.7 Å². The Kier molecular flexibility index (Phi) is 6.49. The Morgan fingerprint density at radius 3 is 2.50 bits per heavy atom. The van der Waals surface area contributed by atoms with Gasteiger partial charge in [0.1, 0.15) is 0 Å². The van der Waals surface area contributed by atoms with E-state index in [-0.39, 0.29) is 10.8 Å². The molecule has 4 rings (SSSR count). The molecule has 1 aromatic heterocycles. The number of rotatable bonds is 7. The van der Waals surface area contributed by atoms with Crippen LogP contribution in [0.2, 0.25) is 5.02 Å². The van der Waals surface area contributed by atoms with Crippen molar-refractivity contribution in [1.29, 1.82) is 0 Å². The van der Waals surface area contributed by atoms with Crippen LogP contribution in [0.25, 0.3) is 22.0 Å². The van der Waals surface area contributed by atoms with Crippen LogP contribution in [0.4, 0.5) is 11.4 Å². The normalized spacial score (nSPS) is 11.2. The van der Waals surface area contributed by atoms with Gasteiger partial charge in [0.25, 0.3) is 0 Å². The molecule has 164 valence electrons. The summed E-state index contributed by atoms with van der Waals surface area (Å²) in [6.07, 6.45) is 2.82. The van der Waals surface area contributed by atoms with Crippen molar-refractivity contribution in [3.8, 4) is 22.6 Å². The number of aromatic nitrogens is 1. The minimum Gasteiger partial charge on any atom is -0.503 e. The number of hydrogen-bond acceptors (Lipinski definition) is 5. The summed E-state index contributed by atoms with van der Waals surface area (Å²) in [5.41, 5.74) is 5.99. The Hall–Kier alpha value is -3.28. The highest BCUT2D eigenvalue weighted by Crippen LogP contribution is 2.39. The van der Waals surface area contributed by atoms with Crippen molar-refractivity contribution in [2.45, 2.75) is 6.42 Å². The van der Waals surface area contributed by atoms with Gasteiger partial charge >= 0.3 is 0 Å². The highest BCUT2D eigenvalue weighted by atomic mass is 35.5. The fourth-order valence-corrected chi connectivity index (χ4v) is 3.80. The number of ether oxygens (including phenoxy) is 1. The van der Waals surface area contributed by atoms with Crippen LogP contribution in [-0.4, -0.2) is 42.7 Å². The van der Waals surface area contributed by atoms with E-state index in [2.05, 4.69) is 59.6 Å². The third kappa shape index (κ3) is 4.79. The predicted molar refractivity (Wildman–Crippen MR) is 132 cm³/mol. The summed E-state index contributed by atoms with van der Waals surface area (Å²) in [4.78, 5) is 6.69. The van der Waals surface area contributed by atoms with Crippen molar-refractivity contribution in [2.24, 2.45) is 0 Å². The SMILES string of the molecule is COc1cc(-c2ccc3nccc(Nc4ccc(CCN(C)C)cc4)c3c2)cc(Cl)c1O. The zero-order valence-corrected chi connectivity index (χ0v) is 19.1. The third-order valence-electron chi connectivity index (χ3n) is 5.40. The Morgan fingerprint density at radius 2 is 1.78 bits per heavy atom. The van der Waals surface area contributed by atoms with Gasteiger partial charge in [-0.3, -0.25) is 4.98 Å². The number of nitrogens with one attached hydrogen (secondary N) is 1. The zero-order chi connectivity index (χ0) is 22.7. The molecule has 4 aromatic rings. The first-order valence-electron chi connectivity index (χ1n) is 10.4. The maximum Gasteiger partial charge on any atom is 0.176 e. The second kappa shape index (κ2) is 9.47. The van der Waals surface area contributed by atoms with E-state index < -0.39 is 0 Å². The Labute approximate surface area is 193 Å². The molecular weight excluding hydrogens is 422 g/mol. The number of nitrogens with zero attached hydrogens (tertiary/aromatic N) is 2. The minimum absolute atomic E-state index is 0.0586. The van der Waals surface area contributed by atoms with E-state index in [1.54, 1.807) is 18.3 Å². The number of anilines is 2. The van der Waals surface area contributed by atoms with E-state index in [0.29, 0.717) is 5.75 Å². The number of pyridine rings is 1. The smallest absolute Gasteiger partial charge is 0.176 e. The van der Waals surface area contributed by atoms with Crippen molar-refractivity contribution in [3.63, 3.8) is 0 Å². The van der Waals surface area contributed by atoms with E-state index >= 15 is 0 Å². The van der Waals surface area contributed by atoms with Crippen molar-refractivity contribution in [1.82, 2.24) is 9.88 Å². The van der Waals surface area contributed by atoms with Crippen LogP contribution >= 0.6 is 11.6 Å². The largest absolute Gasteiger partial charge is 0.503 e. The Bertz CT molecular complexity index is 1240. The summed E-state index contributed by atoms with van der Waals surface area (Å²) in [5, 5.41) is 14.8. The summed E-state index contributed by atoms with van der Waals surface area (Å²) in [6, 6.07) is 20.0. The first-order valence-corrected chi connectivity index (χ1v) is 10.8. The fourth-order valence-electron chi connectivity index (χ4n) is 3.59. The molecule has 0 saturated heterocycles. The molecule has 32 heavy (non-hydrogen) atoms. The zero-order valence-electron chi connectivity index (χ0n) is 18.4. The van der Waals surface area contributed by atoms with Crippen LogP contribution in [0.1, 0.15) is 5.56 Å². The second-order valence-electron chi connectivity index (χ2n) is 7.97. The number of hydrogen-bond donors (Lipinski definition) is 2. The number of fused-ring (bicyclic) bond motifs is 1. The van der Waals surface area contributed by atoms with Gasteiger partial charge in [-0.1, -0.05) is 29.8 Å². The number of likely N-dealkylation sites (N-methyl/N-ethyl adjacent to an activating group) is 1. The van der Waals surface area contributed by atoms with E-state index in [0.717, 1.165) is 46.4 Å². The highest BCUT2D eigenvalue weighted by Gasteiger charge is 2.12. The van der Waals surface area contributed by atoms with Crippen LogP contribution in [0, 0.1) is 0 Å². The van der Waals surface area contributed by atoms with Gasteiger partial charge < -0.3 is 20.1 Å². The van der Waals surface area contributed by atoms with Crippen LogP contribution in [-0.2, 0) is 6.42 Å². The second-order valence-corrected chi connectivity index (χ2v) is 8.38. The molecule has 0 unspecified atom stereocenters. The molecule has 5 nitrogen and oxygen atoms in total. The maximum atomic E-state index is 10.0. The molecule has 0 bridgehead atoms. The van der Waals surface area contributed by atoms with Gasteiger partial charge in [-0.25, -0.2) is 0 Å². The highest BCUT2D eigenvalue weighted by molar-refractivity contribution is 6.32. The Balaban J connectivity index is 1.66. The monoisotopic (exact) mass is 447 g/mol. The summed E-state index contributed by atoms with van der Waals surface area (Å²) < 4.78 is 5.26. The molecule has 0 aliphatic rings. The average molecular weight is 448 g/mol. The van der Waals surface area contributed by atoms with Crippen LogP contribution in [0.5, 0.6) is 11.5 Å². The molecule has 2 N–H and O–H groups in total. The average Bonchev–Trinajstić information content (AvgIpc) is 2.80. The van der Waals surface area contributed by atoms with Gasteiger partial charge in [0.05, 0.1) is 17.6 Å². The summed E-state index contributed by atoms with van der Waals surface area (Å²) in [5.74, 6) is 0.281. The molecule has 0 spiro atoms. The molecule has 0 radical (unpaired) electrons. The molecular formula is C26H26ClN3O2. The first-order chi connectivity index (χ1) is 15.4. The van der Waals surface area contributed by atoms with Gasteiger partial charge in [-0.05, 0) is 79.7 Å². The number of phenolic OH excluding ortho intramolecular Hbond substituents is 1. The molecule has 0 fully saturated rings. The van der Waals surface area contributed by atoms with E-state index in [1.807, 2.05) is 18.2 Å². The molecule has 0 amide bonds. The lowest BCUT2D eigenvalue weighted by molar-refractivity contribution is 0.374. The molecule has 3 aromatic carbocycles. The first kappa shape index (κ1) is 21.9. The molecule has 0 aliphatic carbocycles. The number of methoxy groups -OCH3 is 1. The number of benzene rings is 3. The van der Waals surface area contributed by atoms with Gasteiger partial charge in [0, 0.05) is 29.5 Å². The van der Waals surface area contributed by atoms with Crippen LogP contribution < -0.4 is 10.1 Å². The van der Waals surface area contributed by atoms with Crippen LogP contribution in [0.3, 0.4) is 0 Å². The van der Waals surface area contributed by atoms with Gasteiger partial charge in [0.2, 0.25) is 0 Å². The number of halogens is 1. The van der Waals surface area contributed by atoms with Crippen molar-refractivity contribution in [2.75, 3.05) is 33.1 Å². The lowest BCUT2D eigenvalue weighted by Crippen LogP contribution is -2.14. The fraction of sp³-hybridized carbons (Fsp3) is 0.192. The quantitative estimate of drug-likeness (QED) is 0.357. The Morgan fingerprint density at radius 1 is 1.00 bits per heavy atom. The molecule has 0 saturated carbocycles. The molecule has 0 atom stereocenters. The third-order valence-corrected chi connectivity index (χ3v) is 5.69. The van der Waals surface area contributed by atoms with E-state index in [9.17, 15) is 5.11 Å². The van der Waals surface area contributed by atoms with Gasteiger partial charge in [0.15, 0.2) is 11.5 Å². The minimum atomic E-state index is -0.0586. The molecule has 1 heterocycles. The lowest BCUT2D eigenvalue weighted by Gasteiger charge is -2.13. The topological polar surface area (TPSA) is 57.6 Å². The summed E-state index contributed by atoms with van der Waals surface area (Å²) in [7, 11) is 5.68. The number of phenols is 1. The maximum absolute atomic E-state index is 10.0. The van der Waals surface area contributed by atoms with Gasteiger partial charge in [-0.15, -0.1) is 0 Å². The molecule has 6 heteroatoms. The molecule has 0 aliphatic heterocycles.